The Hall–Kier alpha value is -2.77. The van der Waals surface area contributed by atoms with Crippen LogP contribution in [0.4, 0.5) is 17.1 Å². The first-order valence-electron chi connectivity index (χ1n) is 6.29. The summed E-state index contributed by atoms with van der Waals surface area (Å²) >= 11 is 6.17. The zero-order valence-corrected chi connectivity index (χ0v) is 11.7. The number of hydrogen-bond donors (Lipinski definition) is 2. The molecule has 1 aromatic heterocycles. The molecule has 0 spiro atoms. The highest BCUT2D eigenvalue weighted by atomic mass is 35.5. The van der Waals surface area contributed by atoms with E-state index in [-0.39, 0.29) is 0 Å². The van der Waals surface area contributed by atoms with Crippen molar-refractivity contribution in [3.05, 3.63) is 59.2 Å². The zero-order valence-electron chi connectivity index (χ0n) is 11.0. The monoisotopic (exact) mass is 294 g/mol. The number of benzene rings is 2. The number of hydrogen-bond acceptors (Lipinski definition) is 4. The van der Waals surface area contributed by atoms with Crippen LogP contribution in [-0.2, 0) is 0 Å². The molecule has 0 aliphatic carbocycles. The molecular weight excluding hydrogens is 284 g/mol. The summed E-state index contributed by atoms with van der Waals surface area (Å²) in [7, 11) is 0. The van der Waals surface area contributed by atoms with Crippen LogP contribution in [0, 0.1) is 11.3 Å². The van der Waals surface area contributed by atoms with E-state index in [1.54, 1.807) is 30.5 Å². The Labute approximate surface area is 126 Å². The number of nitrogens with one attached hydrogen (secondary N) is 1. The molecule has 1 heterocycles. The molecule has 2 aromatic carbocycles. The van der Waals surface area contributed by atoms with E-state index < -0.39 is 0 Å². The number of fused-ring (bicyclic) bond motifs is 1. The molecule has 0 aliphatic rings. The fraction of sp³-hybridized carbons (Fsp3) is 0. The first kappa shape index (κ1) is 13.2. The van der Waals surface area contributed by atoms with Crippen LogP contribution >= 0.6 is 11.6 Å². The van der Waals surface area contributed by atoms with Gasteiger partial charge in [-0.3, -0.25) is 4.98 Å². The van der Waals surface area contributed by atoms with Crippen molar-refractivity contribution in [2.24, 2.45) is 0 Å². The zero-order chi connectivity index (χ0) is 14.8. The summed E-state index contributed by atoms with van der Waals surface area (Å²) in [4.78, 5) is 4.29. The SMILES string of the molecule is N#Cc1ccc(Cl)c(Nc2ccc(N)c3ncccc23)c1. The molecule has 0 bridgehead atoms. The maximum Gasteiger partial charge on any atom is 0.0992 e. The van der Waals surface area contributed by atoms with Crippen molar-refractivity contribution in [1.82, 2.24) is 4.98 Å². The van der Waals surface area contributed by atoms with Gasteiger partial charge in [0.25, 0.3) is 0 Å². The van der Waals surface area contributed by atoms with Crippen molar-refractivity contribution in [2.75, 3.05) is 11.1 Å². The van der Waals surface area contributed by atoms with Crippen molar-refractivity contribution in [3.63, 3.8) is 0 Å². The molecule has 0 amide bonds. The third kappa shape index (κ3) is 2.47. The molecule has 102 valence electrons. The number of nitriles is 1. The van der Waals surface area contributed by atoms with Gasteiger partial charge in [0.1, 0.15) is 0 Å². The number of nitrogens with zero attached hydrogens (tertiary/aromatic N) is 2. The number of aromatic nitrogens is 1. The highest BCUT2D eigenvalue weighted by Gasteiger charge is 2.07. The Kier molecular flexibility index (Phi) is 3.35. The van der Waals surface area contributed by atoms with Crippen LogP contribution in [0.2, 0.25) is 5.02 Å². The summed E-state index contributed by atoms with van der Waals surface area (Å²) in [5.74, 6) is 0. The number of halogens is 1. The van der Waals surface area contributed by atoms with Crippen LogP contribution in [0.25, 0.3) is 10.9 Å². The van der Waals surface area contributed by atoms with E-state index in [2.05, 4.69) is 16.4 Å². The van der Waals surface area contributed by atoms with Crippen molar-refractivity contribution in [2.45, 2.75) is 0 Å². The summed E-state index contributed by atoms with van der Waals surface area (Å²) in [5, 5.41) is 13.7. The molecule has 3 N–H and O–H groups in total. The van der Waals surface area contributed by atoms with E-state index in [1.165, 1.54) is 0 Å². The fourth-order valence-electron chi connectivity index (χ4n) is 2.14. The quantitative estimate of drug-likeness (QED) is 0.698. The number of anilines is 3. The first-order chi connectivity index (χ1) is 10.2. The molecule has 0 saturated heterocycles. The normalized spacial score (nSPS) is 10.3. The number of nitrogen functional groups attached to an aromatic ring is 1. The van der Waals surface area contributed by atoms with Crippen LogP contribution in [0.5, 0.6) is 0 Å². The van der Waals surface area contributed by atoms with Gasteiger partial charge in [0.05, 0.1) is 33.5 Å². The molecule has 0 radical (unpaired) electrons. The smallest absolute Gasteiger partial charge is 0.0992 e. The van der Waals surface area contributed by atoms with Crippen molar-refractivity contribution in [1.29, 1.82) is 5.26 Å². The van der Waals surface area contributed by atoms with E-state index in [0.717, 1.165) is 16.6 Å². The molecular formula is C16H11ClN4. The Bertz CT molecular complexity index is 868. The fourth-order valence-corrected chi connectivity index (χ4v) is 2.30. The Morgan fingerprint density at radius 1 is 1.14 bits per heavy atom. The molecule has 0 unspecified atom stereocenters. The highest BCUT2D eigenvalue weighted by molar-refractivity contribution is 6.33. The van der Waals surface area contributed by atoms with Crippen LogP contribution in [0.1, 0.15) is 5.56 Å². The average molecular weight is 295 g/mol. The molecule has 0 aliphatic heterocycles. The number of rotatable bonds is 2. The number of pyridine rings is 1. The van der Waals surface area contributed by atoms with Crippen LogP contribution in [0.15, 0.2) is 48.7 Å². The second-order valence-electron chi connectivity index (χ2n) is 4.53. The summed E-state index contributed by atoms with van der Waals surface area (Å²) in [6, 6.07) is 14.6. The molecule has 0 atom stereocenters. The maximum absolute atomic E-state index is 8.98. The molecule has 0 saturated carbocycles. The van der Waals surface area contributed by atoms with E-state index >= 15 is 0 Å². The van der Waals surface area contributed by atoms with E-state index in [1.807, 2.05) is 18.2 Å². The van der Waals surface area contributed by atoms with Gasteiger partial charge in [0.2, 0.25) is 0 Å². The third-order valence-corrected chi connectivity index (χ3v) is 3.50. The van der Waals surface area contributed by atoms with Gasteiger partial charge in [-0.05, 0) is 42.5 Å². The summed E-state index contributed by atoms with van der Waals surface area (Å²) in [6.45, 7) is 0. The van der Waals surface area contributed by atoms with Gasteiger partial charge < -0.3 is 11.1 Å². The average Bonchev–Trinajstić information content (AvgIpc) is 2.52. The predicted molar refractivity (Wildman–Crippen MR) is 85.6 cm³/mol. The van der Waals surface area contributed by atoms with Gasteiger partial charge in [0.15, 0.2) is 0 Å². The summed E-state index contributed by atoms with van der Waals surface area (Å²) in [5.41, 5.74) is 9.34. The lowest BCUT2D eigenvalue weighted by Crippen LogP contribution is -1.96. The van der Waals surface area contributed by atoms with Gasteiger partial charge in [-0.15, -0.1) is 0 Å². The summed E-state index contributed by atoms with van der Waals surface area (Å²) < 4.78 is 0. The van der Waals surface area contributed by atoms with Gasteiger partial charge >= 0.3 is 0 Å². The largest absolute Gasteiger partial charge is 0.397 e. The second-order valence-corrected chi connectivity index (χ2v) is 4.94. The van der Waals surface area contributed by atoms with Gasteiger partial charge in [-0.25, -0.2) is 0 Å². The molecule has 3 rings (SSSR count). The third-order valence-electron chi connectivity index (χ3n) is 3.17. The lowest BCUT2D eigenvalue weighted by atomic mass is 10.1. The minimum atomic E-state index is 0.541. The molecule has 4 nitrogen and oxygen atoms in total. The minimum absolute atomic E-state index is 0.541. The van der Waals surface area contributed by atoms with E-state index in [9.17, 15) is 0 Å². The Morgan fingerprint density at radius 3 is 2.81 bits per heavy atom. The van der Waals surface area contributed by atoms with Crippen molar-refractivity contribution < 1.29 is 0 Å². The van der Waals surface area contributed by atoms with Crippen molar-refractivity contribution >= 4 is 39.6 Å². The van der Waals surface area contributed by atoms with Gasteiger partial charge in [-0.1, -0.05) is 11.6 Å². The Morgan fingerprint density at radius 2 is 2.00 bits per heavy atom. The highest BCUT2D eigenvalue weighted by Crippen LogP contribution is 2.32. The molecule has 0 fully saturated rings. The van der Waals surface area contributed by atoms with Gasteiger partial charge in [-0.2, -0.15) is 5.26 Å². The minimum Gasteiger partial charge on any atom is -0.397 e. The molecule has 3 aromatic rings. The standard InChI is InChI=1S/C16H11ClN4/c17-12-4-3-10(9-18)8-15(12)21-14-6-5-13(19)16-11(14)2-1-7-20-16/h1-8,21H,19H2. The summed E-state index contributed by atoms with van der Waals surface area (Å²) in [6.07, 6.45) is 1.70. The Balaban J connectivity index is 2.11. The van der Waals surface area contributed by atoms with Crippen LogP contribution in [-0.4, -0.2) is 4.98 Å². The van der Waals surface area contributed by atoms with E-state index in [4.69, 9.17) is 22.6 Å². The van der Waals surface area contributed by atoms with Crippen molar-refractivity contribution in [3.8, 4) is 6.07 Å². The lowest BCUT2D eigenvalue weighted by Gasteiger charge is -2.12. The number of nitrogens with two attached hydrogens (primary N) is 1. The molecule has 5 heteroatoms. The second kappa shape index (κ2) is 5.31. The van der Waals surface area contributed by atoms with Crippen LogP contribution < -0.4 is 11.1 Å². The topological polar surface area (TPSA) is 74.7 Å². The lowest BCUT2D eigenvalue weighted by molar-refractivity contribution is 1.41. The molecule has 21 heavy (non-hydrogen) atoms. The maximum atomic E-state index is 8.98. The van der Waals surface area contributed by atoms with Gasteiger partial charge in [0, 0.05) is 17.3 Å². The van der Waals surface area contributed by atoms with E-state index in [0.29, 0.717) is 22.0 Å². The van der Waals surface area contributed by atoms with Crippen LogP contribution in [0.3, 0.4) is 0 Å². The first-order valence-corrected chi connectivity index (χ1v) is 6.67. The predicted octanol–water partition coefficient (Wildman–Crippen LogP) is 4.09.